The number of hydrogen-bond acceptors (Lipinski definition) is 5. The Balaban J connectivity index is 1.93. The average Bonchev–Trinajstić information content (AvgIpc) is 2.97. The number of rotatable bonds is 5. The molecule has 120 valence electrons. The summed E-state index contributed by atoms with van der Waals surface area (Å²) in [4.78, 5) is 11.1. The van der Waals surface area contributed by atoms with E-state index in [1.54, 1.807) is 6.33 Å². The molecule has 3 rings (SSSR count). The third kappa shape index (κ3) is 2.26. The van der Waals surface area contributed by atoms with Crippen LogP contribution in [0.4, 0.5) is 5.82 Å². The summed E-state index contributed by atoms with van der Waals surface area (Å²) < 4.78 is 7.68. The lowest BCUT2D eigenvalue weighted by atomic mass is 9.64. The quantitative estimate of drug-likeness (QED) is 0.848. The van der Waals surface area contributed by atoms with Crippen LogP contribution in [0.15, 0.2) is 12.4 Å². The van der Waals surface area contributed by atoms with Crippen LogP contribution >= 0.6 is 0 Å². The molecule has 0 amide bonds. The molecule has 0 radical (unpaired) electrons. The summed E-state index contributed by atoms with van der Waals surface area (Å²) in [6.45, 7) is 9.49. The van der Waals surface area contributed by atoms with Crippen LogP contribution in [0.3, 0.4) is 0 Å². The first-order valence-electron chi connectivity index (χ1n) is 8.03. The lowest BCUT2D eigenvalue weighted by molar-refractivity contribution is -0.104. The first-order valence-corrected chi connectivity index (χ1v) is 8.03. The Morgan fingerprint density at radius 3 is 2.82 bits per heavy atom. The fourth-order valence-electron chi connectivity index (χ4n) is 3.44. The van der Waals surface area contributed by atoms with Crippen molar-refractivity contribution in [3.63, 3.8) is 0 Å². The van der Waals surface area contributed by atoms with Crippen LogP contribution < -0.4 is 4.90 Å². The van der Waals surface area contributed by atoms with Crippen LogP contribution in [0.1, 0.15) is 39.8 Å². The minimum Gasteiger partial charge on any atom is -0.378 e. The van der Waals surface area contributed by atoms with Crippen LogP contribution in [-0.4, -0.2) is 45.4 Å². The van der Waals surface area contributed by atoms with E-state index in [4.69, 9.17) is 4.74 Å². The lowest BCUT2D eigenvalue weighted by Gasteiger charge is -2.55. The number of nitrogens with zero attached hydrogens (tertiary/aromatic N) is 5. The van der Waals surface area contributed by atoms with Crippen molar-refractivity contribution in [1.29, 1.82) is 0 Å². The third-order valence-electron chi connectivity index (χ3n) is 4.97. The molecule has 2 heterocycles. The highest BCUT2D eigenvalue weighted by atomic mass is 16.5. The highest BCUT2D eigenvalue weighted by Crippen LogP contribution is 2.46. The van der Waals surface area contributed by atoms with Gasteiger partial charge in [0.1, 0.15) is 12.1 Å². The van der Waals surface area contributed by atoms with Gasteiger partial charge < -0.3 is 9.64 Å². The van der Waals surface area contributed by atoms with Crippen molar-refractivity contribution in [2.75, 3.05) is 18.6 Å². The average molecular weight is 303 g/mol. The van der Waals surface area contributed by atoms with E-state index in [-0.39, 0.29) is 5.41 Å². The summed E-state index contributed by atoms with van der Waals surface area (Å²) in [5.74, 6) is 1.71. The van der Waals surface area contributed by atoms with E-state index >= 15 is 0 Å². The molecule has 2 unspecified atom stereocenters. The molecule has 1 saturated carbocycles. The normalized spacial score (nSPS) is 23.5. The van der Waals surface area contributed by atoms with E-state index in [0.29, 0.717) is 17.9 Å². The van der Waals surface area contributed by atoms with Crippen LogP contribution in [0.25, 0.3) is 5.78 Å². The highest BCUT2D eigenvalue weighted by Gasteiger charge is 2.51. The fourth-order valence-corrected chi connectivity index (χ4v) is 3.44. The first-order chi connectivity index (χ1) is 10.5. The maximum absolute atomic E-state index is 5.85. The zero-order chi connectivity index (χ0) is 15.9. The van der Waals surface area contributed by atoms with Crippen molar-refractivity contribution in [3.8, 4) is 0 Å². The van der Waals surface area contributed by atoms with Gasteiger partial charge in [-0.3, -0.25) is 0 Å². The third-order valence-corrected chi connectivity index (χ3v) is 4.97. The van der Waals surface area contributed by atoms with Gasteiger partial charge in [0.2, 0.25) is 0 Å². The van der Waals surface area contributed by atoms with Crippen molar-refractivity contribution < 1.29 is 4.74 Å². The summed E-state index contributed by atoms with van der Waals surface area (Å²) in [5.41, 5.74) is 1.16. The monoisotopic (exact) mass is 303 g/mol. The van der Waals surface area contributed by atoms with E-state index in [2.05, 4.69) is 60.8 Å². The number of fused-ring (bicyclic) bond motifs is 1. The molecular formula is C16H25N5O. The predicted molar refractivity (Wildman–Crippen MR) is 86.2 cm³/mol. The van der Waals surface area contributed by atoms with Crippen molar-refractivity contribution in [2.45, 2.75) is 52.7 Å². The maximum Gasteiger partial charge on any atom is 0.254 e. The smallest absolute Gasteiger partial charge is 0.254 e. The second-order valence-electron chi connectivity index (χ2n) is 6.56. The molecule has 0 aromatic carbocycles. The molecule has 0 saturated heterocycles. The van der Waals surface area contributed by atoms with E-state index < -0.39 is 0 Å². The van der Waals surface area contributed by atoms with Crippen LogP contribution in [-0.2, 0) is 11.2 Å². The van der Waals surface area contributed by atoms with E-state index in [1.807, 2.05) is 4.52 Å². The molecule has 1 aliphatic carbocycles. The maximum atomic E-state index is 5.85. The molecule has 1 aliphatic rings. The Morgan fingerprint density at radius 1 is 1.41 bits per heavy atom. The molecule has 2 aromatic heterocycles. The van der Waals surface area contributed by atoms with Crippen LogP contribution in [0, 0.1) is 5.41 Å². The van der Waals surface area contributed by atoms with Gasteiger partial charge in [-0.25, -0.2) is 4.98 Å². The molecule has 0 aliphatic heterocycles. The Labute approximate surface area is 131 Å². The number of anilines is 1. The van der Waals surface area contributed by atoms with Gasteiger partial charge in [0, 0.05) is 36.9 Å². The lowest BCUT2D eigenvalue weighted by Crippen LogP contribution is -2.61. The standard InChI is InChI=1S/C16H25N5O/c1-6-11-8-14(21-15(19-11)17-10-18-21)20(5)12-9-13(22-7-2)16(12,3)4/h8,10,12-13H,6-7,9H2,1-5H3. The predicted octanol–water partition coefficient (Wildman–Crippen LogP) is 2.33. The van der Waals surface area contributed by atoms with E-state index in [0.717, 1.165) is 31.0 Å². The van der Waals surface area contributed by atoms with Gasteiger partial charge in [-0.1, -0.05) is 20.8 Å². The number of ether oxygens (including phenoxy) is 1. The van der Waals surface area contributed by atoms with Crippen molar-refractivity contribution >= 4 is 11.6 Å². The van der Waals surface area contributed by atoms with Crippen LogP contribution in [0.5, 0.6) is 0 Å². The Hall–Kier alpha value is -1.69. The summed E-state index contributed by atoms with van der Waals surface area (Å²) >= 11 is 0. The summed E-state index contributed by atoms with van der Waals surface area (Å²) in [5, 5.41) is 4.33. The first kappa shape index (κ1) is 15.2. The largest absolute Gasteiger partial charge is 0.378 e. The topological polar surface area (TPSA) is 55.5 Å². The minimum atomic E-state index is 0.118. The Bertz CT molecular complexity index is 666. The van der Waals surface area contributed by atoms with Crippen molar-refractivity contribution in [3.05, 3.63) is 18.1 Å². The van der Waals surface area contributed by atoms with Gasteiger partial charge >= 0.3 is 0 Å². The van der Waals surface area contributed by atoms with Gasteiger partial charge in [-0.2, -0.15) is 14.6 Å². The fraction of sp³-hybridized carbons (Fsp3) is 0.688. The second kappa shape index (κ2) is 5.50. The number of aromatic nitrogens is 4. The molecule has 1 fully saturated rings. The number of hydrogen-bond donors (Lipinski definition) is 0. The van der Waals surface area contributed by atoms with Gasteiger partial charge in [0.25, 0.3) is 5.78 Å². The Kier molecular flexibility index (Phi) is 3.80. The van der Waals surface area contributed by atoms with Gasteiger partial charge in [0.15, 0.2) is 0 Å². The van der Waals surface area contributed by atoms with Gasteiger partial charge in [-0.15, -0.1) is 0 Å². The van der Waals surface area contributed by atoms with Gasteiger partial charge in [-0.05, 0) is 19.8 Å². The molecule has 2 aromatic rings. The molecule has 22 heavy (non-hydrogen) atoms. The molecule has 6 nitrogen and oxygen atoms in total. The second-order valence-corrected chi connectivity index (χ2v) is 6.56. The minimum absolute atomic E-state index is 0.118. The van der Waals surface area contributed by atoms with E-state index in [1.165, 1.54) is 0 Å². The molecule has 0 N–H and O–H groups in total. The zero-order valence-electron chi connectivity index (χ0n) is 14.1. The SMILES string of the molecule is CCOC1CC(N(C)c2cc(CC)nc3ncnn23)C1(C)C. The van der Waals surface area contributed by atoms with Crippen molar-refractivity contribution in [1.82, 2.24) is 19.6 Å². The van der Waals surface area contributed by atoms with Crippen LogP contribution in [0.2, 0.25) is 0 Å². The summed E-state index contributed by atoms with van der Waals surface area (Å²) in [6.07, 6.45) is 3.81. The zero-order valence-corrected chi connectivity index (χ0v) is 14.1. The van der Waals surface area contributed by atoms with E-state index in [9.17, 15) is 0 Å². The molecule has 6 heteroatoms. The van der Waals surface area contributed by atoms with Crippen molar-refractivity contribution in [2.24, 2.45) is 5.41 Å². The number of aryl methyl sites for hydroxylation is 1. The summed E-state index contributed by atoms with van der Waals surface area (Å²) in [6, 6.07) is 2.54. The van der Waals surface area contributed by atoms with Gasteiger partial charge in [0.05, 0.1) is 6.10 Å². The summed E-state index contributed by atoms with van der Waals surface area (Å²) in [7, 11) is 2.13. The Morgan fingerprint density at radius 2 is 2.18 bits per heavy atom. The molecular weight excluding hydrogens is 278 g/mol. The molecule has 0 spiro atoms. The molecule has 0 bridgehead atoms. The highest BCUT2D eigenvalue weighted by molar-refractivity contribution is 5.48. The molecule has 2 atom stereocenters.